The van der Waals surface area contributed by atoms with Crippen LogP contribution in [0.3, 0.4) is 0 Å². The average Bonchev–Trinajstić information content (AvgIpc) is 2.87. The topological polar surface area (TPSA) is 40.6 Å². The maximum Gasteiger partial charge on any atom is 0.185 e. The van der Waals surface area contributed by atoms with Gasteiger partial charge in [0, 0.05) is 56.9 Å². The van der Waals surface area contributed by atoms with E-state index in [0.29, 0.717) is 6.04 Å². The van der Waals surface area contributed by atoms with Crippen molar-refractivity contribution in [2.45, 2.75) is 19.5 Å². The number of methoxy groups -OCH3 is 1. The summed E-state index contributed by atoms with van der Waals surface area (Å²) in [6.45, 7) is 8.04. The zero-order chi connectivity index (χ0) is 13.7. The molecule has 6 heteroatoms. The van der Waals surface area contributed by atoms with Crippen LogP contribution in [-0.4, -0.2) is 62.9 Å². The van der Waals surface area contributed by atoms with Crippen molar-refractivity contribution in [2.75, 3.05) is 51.8 Å². The molecule has 108 valence electrons. The van der Waals surface area contributed by atoms with E-state index in [1.807, 2.05) is 6.20 Å². The standard InChI is InChI=1S/C13H24N4OS/c1-11-10-17(6-5-16(11)2)13-15-9-12(19-13)8-14-4-7-18-3/h9,11,14H,4-8,10H2,1-3H3. The minimum absolute atomic E-state index is 0.598. The summed E-state index contributed by atoms with van der Waals surface area (Å²) in [5, 5.41) is 4.51. The lowest BCUT2D eigenvalue weighted by atomic mass is 10.2. The second-order valence-corrected chi connectivity index (χ2v) is 6.15. The highest BCUT2D eigenvalue weighted by atomic mass is 32.1. The van der Waals surface area contributed by atoms with Crippen LogP contribution in [-0.2, 0) is 11.3 Å². The van der Waals surface area contributed by atoms with Crippen LogP contribution in [0.4, 0.5) is 5.13 Å². The molecule has 19 heavy (non-hydrogen) atoms. The summed E-state index contributed by atoms with van der Waals surface area (Å²) in [7, 11) is 3.91. The number of hydrogen-bond acceptors (Lipinski definition) is 6. The molecule has 1 aliphatic rings. The molecule has 0 spiro atoms. The Morgan fingerprint density at radius 1 is 1.53 bits per heavy atom. The van der Waals surface area contributed by atoms with Crippen molar-refractivity contribution in [3.63, 3.8) is 0 Å². The molecular weight excluding hydrogens is 260 g/mol. The zero-order valence-corrected chi connectivity index (χ0v) is 12.9. The lowest BCUT2D eigenvalue weighted by Crippen LogP contribution is -2.50. The molecule has 0 bridgehead atoms. The van der Waals surface area contributed by atoms with Crippen molar-refractivity contribution in [3.05, 3.63) is 11.1 Å². The fourth-order valence-electron chi connectivity index (χ4n) is 2.13. The first-order chi connectivity index (χ1) is 9.20. The van der Waals surface area contributed by atoms with Gasteiger partial charge in [0.25, 0.3) is 0 Å². The number of rotatable bonds is 6. The molecule has 1 aromatic heterocycles. The molecule has 1 N–H and O–H groups in total. The van der Waals surface area contributed by atoms with Gasteiger partial charge >= 0.3 is 0 Å². The third-order valence-electron chi connectivity index (χ3n) is 3.55. The second kappa shape index (κ2) is 7.19. The molecular formula is C13H24N4OS. The smallest absolute Gasteiger partial charge is 0.185 e. The highest BCUT2D eigenvalue weighted by Crippen LogP contribution is 2.24. The van der Waals surface area contributed by atoms with E-state index in [9.17, 15) is 0 Å². The fourth-order valence-corrected chi connectivity index (χ4v) is 3.05. The van der Waals surface area contributed by atoms with Crippen molar-refractivity contribution in [1.82, 2.24) is 15.2 Å². The van der Waals surface area contributed by atoms with Gasteiger partial charge in [-0.2, -0.15) is 0 Å². The summed E-state index contributed by atoms with van der Waals surface area (Å²) >= 11 is 1.79. The largest absolute Gasteiger partial charge is 0.383 e. The Labute approximate surface area is 119 Å². The highest BCUT2D eigenvalue weighted by Gasteiger charge is 2.22. The van der Waals surface area contributed by atoms with Gasteiger partial charge in [0.15, 0.2) is 5.13 Å². The monoisotopic (exact) mass is 284 g/mol. The molecule has 1 aromatic rings. The van der Waals surface area contributed by atoms with Gasteiger partial charge in [0.1, 0.15) is 0 Å². The van der Waals surface area contributed by atoms with E-state index in [4.69, 9.17) is 4.74 Å². The number of likely N-dealkylation sites (N-methyl/N-ethyl adjacent to an activating group) is 1. The molecule has 1 fully saturated rings. The lowest BCUT2D eigenvalue weighted by molar-refractivity contribution is 0.199. The number of piperazine rings is 1. The highest BCUT2D eigenvalue weighted by molar-refractivity contribution is 7.15. The molecule has 1 saturated heterocycles. The van der Waals surface area contributed by atoms with E-state index in [2.05, 4.69) is 34.1 Å². The van der Waals surface area contributed by atoms with E-state index in [1.165, 1.54) is 4.88 Å². The van der Waals surface area contributed by atoms with Gasteiger partial charge in [0.05, 0.1) is 6.61 Å². The van der Waals surface area contributed by atoms with Crippen LogP contribution in [0.2, 0.25) is 0 Å². The minimum atomic E-state index is 0.598. The van der Waals surface area contributed by atoms with Gasteiger partial charge in [-0.05, 0) is 14.0 Å². The molecule has 1 aliphatic heterocycles. The fraction of sp³-hybridized carbons (Fsp3) is 0.769. The Kier molecular flexibility index (Phi) is 5.57. The van der Waals surface area contributed by atoms with Crippen molar-refractivity contribution in [3.8, 4) is 0 Å². The van der Waals surface area contributed by atoms with Crippen LogP contribution in [0, 0.1) is 0 Å². The molecule has 0 aliphatic carbocycles. The van der Waals surface area contributed by atoms with Crippen LogP contribution >= 0.6 is 11.3 Å². The predicted octanol–water partition coefficient (Wildman–Crippen LogP) is 1.02. The molecule has 0 saturated carbocycles. The van der Waals surface area contributed by atoms with Gasteiger partial charge in [-0.1, -0.05) is 0 Å². The number of thiazole rings is 1. The Bertz CT molecular complexity index is 384. The summed E-state index contributed by atoms with van der Waals surface area (Å²) in [6, 6.07) is 0.598. The number of aromatic nitrogens is 1. The van der Waals surface area contributed by atoms with Crippen LogP contribution < -0.4 is 10.2 Å². The number of anilines is 1. The summed E-state index contributed by atoms with van der Waals surface area (Å²) in [4.78, 5) is 10.6. The minimum Gasteiger partial charge on any atom is -0.383 e. The Hall–Kier alpha value is -0.690. The summed E-state index contributed by atoms with van der Waals surface area (Å²) in [5.74, 6) is 0. The number of nitrogens with one attached hydrogen (secondary N) is 1. The van der Waals surface area contributed by atoms with Crippen LogP contribution in [0.25, 0.3) is 0 Å². The van der Waals surface area contributed by atoms with E-state index in [-0.39, 0.29) is 0 Å². The van der Waals surface area contributed by atoms with E-state index in [1.54, 1.807) is 18.4 Å². The number of hydrogen-bond donors (Lipinski definition) is 1. The molecule has 2 rings (SSSR count). The van der Waals surface area contributed by atoms with Crippen LogP contribution in [0.15, 0.2) is 6.20 Å². The summed E-state index contributed by atoms with van der Waals surface area (Å²) in [6.07, 6.45) is 1.99. The predicted molar refractivity (Wildman–Crippen MR) is 80.0 cm³/mol. The first kappa shape index (κ1) is 14.7. The summed E-state index contributed by atoms with van der Waals surface area (Å²) in [5.41, 5.74) is 0. The molecule has 0 radical (unpaired) electrons. The molecule has 1 unspecified atom stereocenters. The summed E-state index contributed by atoms with van der Waals surface area (Å²) < 4.78 is 5.01. The van der Waals surface area contributed by atoms with Crippen molar-refractivity contribution in [2.24, 2.45) is 0 Å². The maximum atomic E-state index is 5.01. The van der Waals surface area contributed by atoms with Gasteiger partial charge in [-0.25, -0.2) is 4.98 Å². The normalized spacial score (nSPS) is 21.0. The van der Waals surface area contributed by atoms with Gasteiger partial charge in [-0.3, -0.25) is 0 Å². The third-order valence-corrected chi connectivity index (χ3v) is 4.61. The second-order valence-electron chi connectivity index (χ2n) is 5.05. The average molecular weight is 284 g/mol. The molecule has 1 atom stereocenters. The van der Waals surface area contributed by atoms with Gasteiger partial charge in [0.2, 0.25) is 0 Å². The van der Waals surface area contributed by atoms with Crippen LogP contribution in [0.1, 0.15) is 11.8 Å². The van der Waals surface area contributed by atoms with Gasteiger partial charge in [-0.15, -0.1) is 11.3 Å². The van der Waals surface area contributed by atoms with Crippen molar-refractivity contribution < 1.29 is 4.74 Å². The van der Waals surface area contributed by atoms with E-state index < -0.39 is 0 Å². The SMILES string of the molecule is COCCNCc1cnc(N2CCN(C)C(C)C2)s1. The van der Waals surface area contributed by atoms with Crippen LogP contribution in [0.5, 0.6) is 0 Å². The third kappa shape index (κ3) is 4.14. The number of ether oxygens (including phenoxy) is 1. The Balaban J connectivity index is 1.83. The first-order valence-corrected chi connectivity index (χ1v) is 7.62. The quantitative estimate of drug-likeness (QED) is 0.790. The lowest BCUT2D eigenvalue weighted by Gasteiger charge is -2.37. The van der Waals surface area contributed by atoms with E-state index in [0.717, 1.165) is 44.5 Å². The zero-order valence-electron chi connectivity index (χ0n) is 12.1. The molecule has 2 heterocycles. The maximum absolute atomic E-state index is 5.01. The van der Waals surface area contributed by atoms with Gasteiger partial charge < -0.3 is 19.9 Å². The first-order valence-electron chi connectivity index (χ1n) is 6.80. The Morgan fingerprint density at radius 2 is 2.37 bits per heavy atom. The Morgan fingerprint density at radius 3 is 3.11 bits per heavy atom. The van der Waals surface area contributed by atoms with Crippen molar-refractivity contribution in [1.29, 1.82) is 0 Å². The van der Waals surface area contributed by atoms with E-state index >= 15 is 0 Å². The molecule has 5 nitrogen and oxygen atoms in total. The van der Waals surface area contributed by atoms with Crippen molar-refractivity contribution >= 4 is 16.5 Å². The number of nitrogens with zero attached hydrogens (tertiary/aromatic N) is 3. The molecule has 0 amide bonds. The molecule has 0 aromatic carbocycles.